The molecule has 1 unspecified atom stereocenters. The van der Waals surface area contributed by atoms with Crippen molar-refractivity contribution in [1.82, 2.24) is 15.5 Å². The van der Waals surface area contributed by atoms with Gasteiger partial charge in [0.05, 0.1) is 6.61 Å². The molecule has 0 aliphatic rings. The lowest BCUT2D eigenvalue weighted by molar-refractivity contribution is 0.340. The molecule has 2 rings (SSSR count). The zero-order valence-electron chi connectivity index (χ0n) is 12.2. The number of ether oxygens (including phenoxy) is 1. The highest BCUT2D eigenvalue weighted by atomic mass is 16.5. The minimum Gasteiger partial charge on any atom is -0.494 e. The summed E-state index contributed by atoms with van der Waals surface area (Å²) in [5.41, 5.74) is 0.906. The molecule has 5 heteroatoms. The van der Waals surface area contributed by atoms with Crippen LogP contribution >= 0.6 is 0 Å². The van der Waals surface area contributed by atoms with Gasteiger partial charge in [-0.3, -0.25) is 0 Å². The van der Waals surface area contributed by atoms with Crippen molar-refractivity contribution in [3.63, 3.8) is 0 Å². The lowest BCUT2D eigenvalue weighted by atomic mass is 10.1. The van der Waals surface area contributed by atoms with E-state index in [4.69, 9.17) is 9.26 Å². The van der Waals surface area contributed by atoms with Crippen LogP contribution < -0.4 is 10.1 Å². The molecule has 1 aromatic carbocycles. The number of benzene rings is 1. The van der Waals surface area contributed by atoms with Crippen molar-refractivity contribution in [2.45, 2.75) is 32.7 Å². The molecule has 0 bridgehead atoms. The van der Waals surface area contributed by atoms with E-state index in [1.807, 2.05) is 38.2 Å². The molecule has 0 spiro atoms. The van der Waals surface area contributed by atoms with E-state index in [1.165, 1.54) is 0 Å². The van der Waals surface area contributed by atoms with E-state index in [-0.39, 0.29) is 0 Å². The normalized spacial score (nSPS) is 12.3. The third-order valence-electron chi connectivity index (χ3n) is 3.19. The SMILES string of the molecule is CCOc1cccc(-c2noc(CC(CC)NC)n2)c1. The van der Waals surface area contributed by atoms with Crippen LogP contribution in [-0.2, 0) is 6.42 Å². The first kappa shape index (κ1) is 14.5. The lowest BCUT2D eigenvalue weighted by Crippen LogP contribution is -2.26. The number of nitrogens with one attached hydrogen (secondary N) is 1. The fourth-order valence-electron chi connectivity index (χ4n) is 2.01. The van der Waals surface area contributed by atoms with E-state index in [1.54, 1.807) is 0 Å². The van der Waals surface area contributed by atoms with Gasteiger partial charge in [-0.05, 0) is 32.5 Å². The largest absolute Gasteiger partial charge is 0.494 e. The third-order valence-corrected chi connectivity index (χ3v) is 3.19. The summed E-state index contributed by atoms with van der Waals surface area (Å²) in [6.07, 6.45) is 1.76. The summed E-state index contributed by atoms with van der Waals surface area (Å²) in [5, 5.41) is 7.27. The van der Waals surface area contributed by atoms with Crippen LogP contribution in [0.3, 0.4) is 0 Å². The van der Waals surface area contributed by atoms with Crippen LogP contribution in [0.1, 0.15) is 26.2 Å². The quantitative estimate of drug-likeness (QED) is 0.841. The molecule has 1 aromatic heterocycles. The minimum absolute atomic E-state index is 0.359. The van der Waals surface area contributed by atoms with Crippen LogP contribution in [0.25, 0.3) is 11.4 Å². The first-order valence-corrected chi connectivity index (χ1v) is 6.99. The van der Waals surface area contributed by atoms with Gasteiger partial charge in [-0.25, -0.2) is 0 Å². The summed E-state index contributed by atoms with van der Waals surface area (Å²) in [4.78, 5) is 4.44. The molecular weight excluding hydrogens is 254 g/mol. The Kier molecular flexibility index (Phi) is 5.12. The summed E-state index contributed by atoms with van der Waals surface area (Å²) in [5.74, 6) is 2.08. The van der Waals surface area contributed by atoms with Gasteiger partial charge in [0.25, 0.3) is 0 Å². The Morgan fingerprint density at radius 2 is 2.20 bits per heavy atom. The van der Waals surface area contributed by atoms with Gasteiger partial charge in [0.15, 0.2) is 0 Å². The Morgan fingerprint density at radius 1 is 1.35 bits per heavy atom. The van der Waals surface area contributed by atoms with Gasteiger partial charge < -0.3 is 14.6 Å². The van der Waals surface area contributed by atoms with E-state index in [9.17, 15) is 0 Å². The summed E-state index contributed by atoms with van der Waals surface area (Å²) in [6, 6.07) is 8.08. The second-order valence-electron chi connectivity index (χ2n) is 4.57. The number of hydrogen-bond donors (Lipinski definition) is 1. The summed E-state index contributed by atoms with van der Waals surface area (Å²) in [7, 11) is 1.94. The molecule has 20 heavy (non-hydrogen) atoms. The van der Waals surface area contributed by atoms with Crippen LogP contribution in [0, 0.1) is 0 Å². The highest BCUT2D eigenvalue weighted by molar-refractivity contribution is 5.56. The molecule has 1 atom stereocenters. The van der Waals surface area contributed by atoms with Crippen molar-refractivity contribution in [2.24, 2.45) is 0 Å². The Morgan fingerprint density at radius 3 is 2.90 bits per heavy atom. The average Bonchev–Trinajstić information content (AvgIpc) is 2.94. The van der Waals surface area contributed by atoms with Gasteiger partial charge in [-0.1, -0.05) is 24.2 Å². The maximum absolute atomic E-state index is 5.48. The molecule has 0 radical (unpaired) electrons. The molecule has 0 saturated heterocycles. The molecule has 2 aromatic rings. The monoisotopic (exact) mass is 275 g/mol. The molecule has 5 nitrogen and oxygen atoms in total. The zero-order valence-corrected chi connectivity index (χ0v) is 12.2. The first-order chi connectivity index (χ1) is 9.76. The molecule has 108 valence electrons. The topological polar surface area (TPSA) is 60.2 Å². The highest BCUT2D eigenvalue weighted by Gasteiger charge is 2.13. The van der Waals surface area contributed by atoms with Crippen molar-refractivity contribution in [3.8, 4) is 17.1 Å². The van der Waals surface area contributed by atoms with Gasteiger partial charge >= 0.3 is 0 Å². The zero-order chi connectivity index (χ0) is 14.4. The van der Waals surface area contributed by atoms with E-state index in [0.29, 0.717) is 24.4 Å². The summed E-state index contributed by atoms with van der Waals surface area (Å²) in [6.45, 7) is 4.73. The minimum atomic E-state index is 0.359. The van der Waals surface area contributed by atoms with Gasteiger partial charge in [0.2, 0.25) is 11.7 Å². The van der Waals surface area contributed by atoms with Crippen molar-refractivity contribution in [3.05, 3.63) is 30.2 Å². The number of nitrogens with zero attached hydrogens (tertiary/aromatic N) is 2. The summed E-state index contributed by atoms with van der Waals surface area (Å²) < 4.78 is 10.8. The van der Waals surface area contributed by atoms with E-state index >= 15 is 0 Å². The van der Waals surface area contributed by atoms with E-state index in [0.717, 1.165) is 24.2 Å². The van der Waals surface area contributed by atoms with Crippen LogP contribution in [0.4, 0.5) is 0 Å². The Bertz CT molecular complexity index is 535. The van der Waals surface area contributed by atoms with Crippen molar-refractivity contribution >= 4 is 0 Å². The number of hydrogen-bond acceptors (Lipinski definition) is 5. The van der Waals surface area contributed by atoms with Crippen LogP contribution in [0.15, 0.2) is 28.8 Å². The number of aromatic nitrogens is 2. The predicted octanol–water partition coefficient (Wildman–Crippen LogP) is 2.68. The maximum Gasteiger partial charge on any atom is 0.228 e. The maximum atomic E-state index is 5.48. The van der Waals surface area contributed by atoms with E-state index < -0.39 is 0 Å². The molecular formula is C15H21N3O2. The standard InChI is InChI=1S/C15H21N3O2/c1-4-12(16-3)10-14-17-15(18-20-14)11-7-6-8-13(9-11)19-5-2/h6-9,12,16H,4-5,10H2,1-3H3. The number of rotatable bonds is 7. The van der Waals surface area contributed by atoms with Gasteiger partial charge in [0, 0.05) is 18.0 Å². The van der Waals surface area contributed by atoms with Crippen molar-refractivity contribution in [1.29, 1.82) is 0 Å². The fourth-order valence-corrected chi connectivity index (χ4v) is 2.01. The number of likely N-dealkylation sites (N-methyl/N-ethyl adjacent to an activating group) is 1. The lowest BCUT2D eigenvalue weighted by Gasteiger charge is -2.09. The van der Waals surface area contributed by atoms with Crippen LogP contribution in [-0.4, -0.2) is 29.8 Å². The average molecular weight is 275 g/mol. The molecule has 0 aliphatic carbocycles. The highest BCUT2D eigenvalue weighted by Crippen LogP contribution is 2.21. The van der Waals surface area contributed by atoms with Crippen LogP contribution in [0.5, 0.6) is 5.75 Å². The molecule has 0 amide bonds. The second-order valence-corrected chi connectivity index (χ2v) is 4.57. The Balaban J connectivity index is 2.13. The molecule has 1 heterocycles. The van der Waals surface area contributed by atoms with Crippen LogP contribution in [0.2, 0.25) is 0 Å². The van der Waals surface area contributed by atoms with Crippen molar-refractivity contribution in [2.75, 3.05) is 13.7 Å². The molecule has 0 aliphatic heterocycles. The first-order valence-electron chi connectivity index (χ1n) is 6.99. The van der Waals surface area contributed by atoms with E-state index in [2.05, 4.69) is 22.4 Å². The molecule has 0 fully saturated rings. The smallest absolute Gasteiger partial charge is 0.228 e. The Labute approximate surface area is 119 Å². The third kappa shape index (κ3) is 3.57. The van der Waals surface area contributed by atoms with Gasteiger partial charge in [-0.2, -0.15) is 4.98 Å². The summed E-state index contributed by atoms with van der Waals surface area (Å²) >= 11 is 0. The van der Waals surface area contributed by atoms with Gasteiger partial charge in [0.1, 0.15) is 5.75 Å². The predicted molar refractivity (Wildman–Crippen MR) is 77.7 cm³/mol. The van der Waals surface area contributed by atoms with Crippen molar-refractivity contribution < 1.29 is 9.26 Å². The second kappa shape index (κ2) is 7.05. The fraction of sp³-hybridized carbons (Fsp3) is 0.467. The van der Waals surface area contributed by atoms with Gasteiger partial charge in [-0.15, -0.1) is 0 Å². The molecule has 0 saturated carbocycles. The Hall–Kier alpha value is -1.88. The molecule has 1 N–H and O–H groups in total.